The van der Waals surface area contributed by atoms with E-state index < -0.39 is 5.97 Å². The first-order valence-corrected chi connectivity index (χ1v) is 8.58. The van der Waals surface area contributed by atoms with Gasteiger partial charge in [-0.1, -0.05) is 40.2 Å². The van der Waals surface area contributed by atoms with Crippen molar-refractivity contribution in [1.29, 1.82) is 0 Å². The summed E-state index contributed by atoms with van der Waals surface area (Å²) in [6, 6.07) is 13.9. The highest BCUT2D eigenvalue weighted by atomic mass is 79.9. The molecule has 2 heterocycles. The van der Waals surface area contributed by atoms with Crippen LogP contribution in [0.15, 0.2) is 53.1 Å². The van der Waals surface area contributed by atoms with Gasteiger partial charge in [-0.3, -0.25) is 14.7 Å². The van der Waals surface area contributed by atoms with E-state index in [1.165, 1.54) is 0 Å². The molecule has 1 saturated heterocycles. The van der Waals surface area contributed by atoms with Gasteiger partial charge in [-0.25, -0.2) is 0 Å². The Bertz CT molecular complexity index is 678. The van der Waals surface area contributed by atoms with Gasteiger partial charge in [0.15, 0.2) is 0 Å². The number of rotatable bonds is 4. The topological polar surface area (TPSA) is 53.4 Å². The Labute approximate surface area is 144 Å². The van der Waals surface area contributed by atoms with Crippen LogP contribution in [-0.2, 0) is 4.79 Å². The molecule has 3 rings (SSSR count). The van der Waals surface area contributed by atoms with Crippen molar-refractivity contribution in [2.24, 2.45) is 5.92 Å². The maximum Gasteiger partial charge on any atom is 0.307 e. The molecule has 5 heteroatoms. The number of carboxylic acids is 1. The average Bonchev–Trinajstić information content (AvgIpc) is 2.58. The molecule has 0 saturated carbocycles. The molecule has 1 fully saturated rings. The lowest BCUT2D eigenvalue weighted by atomic mass is 9.93. The molecule has 0 radical (unpaired) electrons. The van der Waals surface area contributed by atoms with Crippen molar-refractivity contribution in [3.8, 4) is 0 Å². The molecule has 0 aliphatic carbocycles. The van der Waals surface area contributed by atoms with E-state index in [4.69, 9.17) is 0 Å². The Morgan fingerprint density at radius 3 is 2.74 bits per heavy atom. The number of benzene rings is 1. The molecule has 1 aromatic heterocycles. The van der Waals surface area contributed by atoms with Gasteiger partial charge in [-0.2, -0.15) is 0 Å². The largest absolute Gasteiger partial charge is 0.481 e. The summed E-state index contributed by atoms with van der Waals surface area (Å²) in [5.74, 6) is -1.01. The number of aromatic nitrogens is 1. The molecule has 1 aliphatic heterocycles. The molecular weight excluding hydrogens is 356 g/mol. The number of halogens is 1. The summed E-state index contributed by atoms with van der Waals surface area (Å²) in [4.78, 5) is 18.2. The summed E-state index contributed by atoms with van der Waals surface area (Å²) in [5.41, 5.74) is 2.07. The Kier molecular flexibility index (Phi) is 5.08. The fourth-order valence-electron chi connectivity index (χ4n) is 3.22. The van der Waals surface area contributed by atoms with E-state index in [1.54, 1.807) is 6.20 Å². The molecular formula is C18H19BrN2O2. The van der Waals surface area contributed by atoms with Gasteiger partial charge >= 0.3 is 5.97 Å². The van der Waals surface area contributed by atoms with Gasteiger partial charge in [0.05, 0.1) is 17.7 Å². The van der Waals surface area contributed by atoms with Crippen LogP contribution in [0.1, 0.15) is 30.1 Å². The molecule has 4 nitrogen and oxygen atoms in total. The summed E-state index contributed by atoms with van der Waals surface area (Å²) in [7, 11) is 0. The van der Waals surface area contributed by atoms with E-state index >= 15 is 0 Å². The third-order valence-corrected chi connectivity index (χ3v) is 5.06. The molecule has 2 atom stereocenters. The van der Waals surface area contributed by atoms with Crippen LogP contribution >= 0.6 is 15.9 Å². The van der Waals surface area contributed by atoms with Crippen molar-refractivity contribution in [1.82, 2.24) is 9.88 Å². The third kappa shape index (κ3) is 3.62. The minimum atomic E-state index is -0.707. The highest BCUT2D eigenvalue weighted by Crippen LogP contribution is 2.35. The number of pyridine rings is 1. The molecule has 2 aromatic rings. The standard InChI is InChI=1S/C18H19BrN2O2/c19-15-8-2-1-7-14(15)17(16-9-3-4-10-20-16)21-11-5-6-13(12-21)18(22)23/h1-4,7-10,13,17H,5-6,11-12H2,(H,22,23). The highest BCUT2D eigenvalue weighted by molar-refractivity contribution is 9.10. The fraction of sp³-hybridized carbons (Fsp3) is 0.333. The predicted octanol–water partition coefficient (Wildman–Crippen LogP) is 3.73. The van der Waals surface area contributed by atoms with Crippen LogP contribution < -0.4 is 0 Å². The van der Waals surface area contributed by atoms with Crippen LogP contribution in [0.5, 0.6) is 0 Å². The zero-order valence-electron chi connectivity index (χ0n) is 12.7. The molecule has 0 spiro atoms. The molecule has 0 bridgehead atoms. The molecule has 1 aliphatic rings. The second-order valence-electron chi connectivity index (χ2n) is 5.85. The van der Waals surface area contributed by atoms with E-state index in [0.717, 1.165) is 35.1 Å². The average molecular weight is 375 g/mol. The van der Waals surface area contributed by atoms with Gasteiger partial charge in [0.2, 0.25) is 0 Å². The molecule has 0 amide bonds. The van der Waals surface area contributed by atoms with Gasteiger partial charge < -0.3 is 5.11 Å². The van der Waals surface area contributed by atoms with Crippen LogP contribution in [0.3, 0.4) is 0 Å². The summed E-state index contributed by atoms with van der Waals surface area (Å²) in [6.45, 7) is 1.43. The molecule has 2 unspecified atom stereocenters. The monoisotopic (exact) mass is 374 g/mol. The van der Waals surface area contributed by atoms with Crippen LogP contribution in [0.2, 0.25) is 0 Å². The number of carbonyl (C=O) groups is 1. The zero-order valence-corrected chi connectivity index (χ0v) is 14.3. The first-order valence-electron chi connectivity index (χ1n) is 7.79. The minimum Gasteiger partial charge on any atom is -0.481 e. The maximum atomic E-state index is 11.4. The van der Waals surface area contributed by atoms with Gasteiger partial charge in [0.25, 0.3) is 0 Å². The highest BCUT2D eigenvalue weighted by Gasteiger charge is 2.32. The summed E-state index contributed by atoms with van der Waals surface area (Å²) < 4.78 is 1.02. The van der Waals surface area contributed by atoms with Crippen LogP contribution in [0.4, 0.5) is 0 Å². The smallest absolute Gasteiger partial charge is 0.307 e. The Morgan fingerprint density at radius 1 is 1.26 bits per heavy atom. The number of carboxylic acid groups (broad SMARTS) is 1. The number of nitrogens with zero attached hydrogens (tertiary/aromatic N) is 2. The van der Waals surface area contributed by atoms with E-state index in [0.29, 0.717) is 6.54 Å². The van der Waals surface area contributed by atoms with Crippen LogP contribution in [0, 0.1) is 5.92 Å². The number of piperidine rings is 1. The normalized spacial score (nSPS) is 20.1. The van der Waals surface area contributed by atoms with Crippen molar-refractivity contribution >= 4 is 21.9 Å². The lowest BCUT2D eigenvalue weighted by Crippen LogP contribution is -2.41. The number of aliphatic carboxylic acids is 1. The lowest BCUT2D eigenvalue weighted by Gasteiger charge is -2.37. The summed E-state index contributed by atoms with van der Waals surface area (Å²) in [6.07, 6.45) is 3.43. The van der Waals surface area contributed by atoms with E-state index in [1.807, 2.05) is 36.4 Å². The number of likely N-dealkylation sites (tertiary alicyclic amines) is 1. The Morgan fingerprint density at radius 2 is 2.04 bits per heavy atom. The second-order valence-corrected chi connectivity index (χ2v) is 6.71. The van der Waals surface area contributed by atoms with E-state index in [-0.39, 0.29) is 12.0 Å². The van der Waals surface area contributed by atoms with Gasteiger partial charge in [-0.05, 0) is 43.1 Å². The van der Waals surface area contributed by atoms with Crippen molar-refractivity contribution in [2.45, 2.75) is 18.9 Å². The number of hydrogen-bond donors (Lipinski definition) is 1. The Hall–Kier alpha value is -1.72. The second kappa shape index (κ2) is 7.23. The summed E-state index contributed by atoms with van der Waals surface area (Å²) in [5, 5.41) is 9.38. The fourth-order valence-corrected chi connectivity index (χ4v) is 3.72. The SMILES string of the molecule is O=C(O)C1CCCN(C(c2ccccn2)c2ccccc2Br)C1. The maximum absolute atomic E-state index is 11.4. The Balaban J connectivity index is 1.99. The third-order valence-electron chi connectivity index (χ3n) is 4.33. The van der Waals surface area contributed by atoms with Gasteiger partial charge in [0, 0.05) is 17.2 Å². The molecule has 120 valence electrons. The van der Waals surface area contributed by atoms with Gasteiger partial charge in [0.1, 0.15) is 0 Å². The summed E-state index contributed by atoms with van der Waals surface area (Å²) >= 11 is 3.63. The quantitative estimate of drug-likeness (QED) is 0.885. The first-order chi connectivity index (χ1) is 11.2. The van der Waals surface area contributed by atoms with Crippen LogP contribution in [-0.4, -0.2) is 34.0 Å². The number of hydrogen-bond acceptors (Lipinski definition) is 3. The van der Waals surface area contributed by atoms with Crippen LogP contribution in [0.25, 0.3) is 0 Å². The van der Waals surface area contributed by atoms with Crippen molar-refractivity contribution < 1.29 is 9.90 Å². The zero-order chi connectivity index (χ0) is 16.2. The molecule has 1 aromatic carbocycles. The minimum absolute atomic E-state index is 0.0334. The van der Waals surface area contributed by atoms with Crippen molar-refractivity contribution in [3.63, 3.8) is 0 Å². The molecule has 23 heavy (non-hydrogen) atoms. The van der Waals surface area contributed by atoms with Gasteiger partial charge in [-0.15, -0.1) is 0 Å². The van der Waals surface area contributed by atoms with E-state index in [9.17, 15) is 9.90 Å². The van der Waals surface area contributed by atoms with E-state index in [2.05, 4.69) is 31.9 Å². The first kappa shape index (κ1) is 16.1. The van der Waals surface area contributed by atoms with Crippen molar-refractivity contribution in [2.75, 3.05) is 13.1 Å². The predicted molar refractivity (Wildman–Crippen MR) is 92.2 cm³/mol. The lowest BCUT2D eigenvalue weighted by molar-refractivity contribution is -0.143. The molecule has 1 N–H and O–H groups in total. The van der Waals surface area contributed by atoms with Crippen molar-refractivity contribution in [3.05, 3.63) is 64.4 Å².